The van der Waals surface area contributed by atoms with Gasteiger partial charge in [-0.3, -0.25) is 0 Å². The molecule has 1 saturated heterocycles. The molecule has 1 aromatic heterocycles. The number of furan rings is 1. The molecule has 2 heterocycles. The van der Waals surface area contributed by atoms with E-state index in [0.29, 0.717) is 17.9 Å². The number of nitrogens with one attached hydrogen (secondary N) is 1. The zero-order valence-electron chi connectivity index (χ0n) is 12.0. The molecule has 0 spiro atoms. The van der Waals surface area contributed by atoms with Gasteiger partial charge in [-0.15, -0.1) is 0 Å². The Kier molecular flexibility index (Phi) is 4.46. The summed E-state index contributed by atoms with van der Waals surface area (Å²) in [5.74, 6) is 3.30. The summed E-state index contributed by atoms with van der Waals surface area (Å²) in [6, 6.07) is 2.51. The van der Waals surface area contributed by atoms with Crippen molar-refractivity contribution in [3.63, 3.8) is 0 Å². The predicted molar refractivity (Wildman–Crippen MR) is 72.7 cm³/mol. The second-order valence-electron chi connectivity index (χ2n) is 5.43. The molecular formula is C15H25NO2. The average Bonchev–Trinajstić information content (AvgIpc) is 2.68. The van der Waals surface area contributed by atoms with Gasteiger partial charge in [0.1, 0.15) is 11.5 Å². The van der Waals surface area contributed by atoms with Gasteiger partial charge in [0.15, 0.2) is 0 Å². The van der Waals surface area contributed by atoms with Crippen LogP contribution in [0.5, 0.6) is 0 Å². The molecule has 3 heteroatoms. The van der Waals surface area contributed by atoms with Crippen LogP contribution in [0.3, 0.4) is 0 Å². The molecule has 18 heavy (non-hydrogen) atoms. The normalized spacial score (nSPS) is 26.2. The summed E-state index contributed by atoms with van der Waals surface area (Å²) in [5.41, 5.74) is 1.24. The average molecular weight is 251 g/mol. The SMILES string of the molecule is CCNC(c1cc(C)c(C)o1)C1CCOCC1C. The zero-order valence-corrected chi connectivity index (χ0v) is 12.0. The number of hydrogen-bond donors (Lipinski definition) is 1. The van der Waals surface area contributed by atoms with Gasteiger partial charge < -0.3 is 14.5 Å². The first-order valence-electron chi connectivity index (χ1n) is 7.01. The van der Waals surface area contributed by atoms with E-state index in [1.807, 2.05) is 6.92 Å². The fraction of sp³-hybridized carbons (Fsp3) is 0.733. The van der Waals surface area contributed by atoms with Crippen LogP contribution < -0.4 is 5.32 Å². The summed E-state index contributed by atoms with van der Waals surface area (Å²) >= 11 is 0. The Hall–Kier alpha value is -0.800. The molecule has 1 aliphatic heterocycles. The monoisotopic (exact) mass is 251 g/mol. The third-order valence-corrected chi connectivity index (χ3v) is 4.05. The van der Waals surface area contributed by atoms with Crippen LogP contribution in [0.2, 0.25) is 0 Å². The molecule has 3 atom stereocenters. The number of ether oxygens (including phenoxy) is 1. The topological polar surface area (TPSA) is 34.4 Å². The molecular weight excluding hydrogens is 226 g/mol. The van der Waals surface area contributed by atoms with Crippen molar-refractivity contribution in [1.29, 1.82) is 0 Å². The van der Waals surface area contributed by atoms with Crippen molar-refractivity contribution in [2.45, 2.75) is 40.2 Å². The highest BCUT2D eigenvalue weighted by molar-refractivity contribution is 5.21. The maximum absolute atomic E-state index is 5.93. The van der Waals surface area contributed by atoms with Gasteiger partial charge in [-0.25, -0.2) is 0 Å². The molecule has 3 nitrogen and oxygen atoms in total. The molecule has 0 aromatic carbocycles. The summed E-state index contributed by atoms with van der Waals surface area (Å²) in [6.07, 6.45) is 1.11. The van der Waals surface area contributed by atoms with E-state index >= 15 is 0 Å². The van der Waals surface area contributed by atoms with Gasteiger partial charge in [-0.2, -0.15) is 0 Å². The van der Waals surface area contributed by atoms with E-state index in [4.69, 9.17) is 9.15 Å². The van der Waals surface area contributed by atoms with Crippen molar-refractivity contribution in [2.24, 2.45) is 11.8 Å². The Balaban J connectivity index is 2.21. The summed E-state index contributed by atoms with van der Waals surface area (Å²) < 4.78 is 11.5. The molecule has 0 aliphatic carbocycles. The molecule has 0 radical (unpaired) electrons. The van der Waals surface area contributed by atoms with E-state index < -0.39 is 0 Å². The lowest BCUT2D eigenvalue weighted by Gasteiger charge is -2.34. The molecule has 102 valence electrons. The van der Waals surface area contributed by atoms with Crippen molar-refractivity contribution in [2.75, 3.05) is 19.8 Å². The highest BCUT2D eigenvalue weighted by Crippen LogP contribution is 2.35. The number of hydrogen-bond acceptors (Lipinski definition) is 3. The Morgan fingerprint density at radius 1 is 1.44 bits per heavy atom. The highest BCUT2D eigenvalue weighted by atomic mass is 16.5. The number of aryl methyl sites for hydroxylation is 2. The molecule has 2 rings (SSSR count). The van der Waals surface area contributed by atoms with Crippen molar-refractivity contribution >= 4 is 0 Å². The predicted octanol–water partition coefficient (Wildman–Crippen LogP) is 3.22. The van der Waals surface area contributed by atoms with Gasteiger partial charge in [0.25, 0.3) is 0 Å². The van der Waals surface area contributed by atoms with Crippen molar-refractivity contribution in [1.82, 2.24) is 5.32 Å². The molecule has 1 N–H and O–H groups in total. The third kappa shape index (κ3) is 2.78. The van der Waals surface area contributed by atoms with Crippen molar-refractivity contribution < 1.29 is 9.15 Å². The third-order valence-electron chi connectivity index (χ3n) is 4.05. The highest BCUT2D eigenvalue weighted by Gasteiger charge is 2.32. The second kappa shape index (κ2) is 5.89. The molecule has 3 unspecified atom stereocenters. The zero-order chi connectivity index (χ0) is 13.1. The standard InChI is InChI=1S/C15H25NO2/c1-5-16-15(13-6-7-17-9-11(13)3)14-8-10(2)12(4)18-14/h8,11,13,15-16H,5-7,9H2,1-4H3. The van der Waals surface area contributed by atoms with Gasteiger partial charge in [-0.1, -0.05) is 13.8 Å². The van der Waals surface area contributed by atoms with E-state index in [-0.39, 0.29) is 0 Å². The fourth-order valence-electron chi connectivity index (χ4n) is 2.83. The number of rotatable bonds is 4. The summed E-state index contributed by atoms with van der Waals surface area (Å²) in [6.45, 7) is 11.3. The molecule has 1 aliphatic rings. The lowest BCUT2D eigenvalue weighted by molar-refractivity contribution is 0.00790. The van der Waals surface area contributed by atoms with Crippen LogP contribution in [0.25, 0.3) is 0 Å². The smallest absolute Gasteiger partial charge is 0.121 e. The van der Waals surface area contributed by atoms with Gasteiger partial charge in [0.05, 0.1) is 6.04 Å². The summed E-state index contributed by atoms with van der Waals surface area (Å²) in [5, 5.41) is 3.59. The first kappa shape index (κ1) is 13.6. The Labute approximate surface area is 110 Å². The van der Waals surface area contributed by atoms with Crippen LogP contribution in [-0.2, 0) is 4.74 Å². The van der Waals surface area contributed by atoms with Crippen LogP contribution in [0.15, 0.2) is 10.5 Å². The molecule has 0 bridgehead atoms. The fourth-order valence-corrected chi connectivity index (χ4v) is 2.83. The first-order valence-corrected chi connectivity index (χ1v) is 7.01. The summed E-state index contributed by atoms with van der Waals surface area (Å²) in [7, 11) is 0. The van der Waals surface area contributed by atoms with Crippen LogP contribution in [0, 0.1) is 25.7 Å². The van der Waals surface area contributed by atoms with Crippen molar-refractivity contribution in [3.05, 3.63) is 23.2 Å². The van der Waals surface area contributed by atoms with Crippen molar-refractivity contribution in [3.8, 4) is 0 Å². The minimum atomic E-state index is 0.321. The largest absolute Gasteiger partial charge is 0.464 e. The maximum atomic E-state index is 5.93. The first-order chi connectivity index (χ1) is 8.63. The van der Waals surface area contributed by atoms with E-state index in [1.54, 1.807) is 0 Å². The lowest BCUT2D eigenvalue weighted by atomic mass is 9.82. The van der Waals surface area contributed by atoms with Crippen LogP contribution in [0.1, 0.15) is 43.4 Å². The van der Waals surface area contributed by atoms with Gasteiger partial charge in [0, 0.05) is 13.2 Å². The minimum Gasteiger partial charge on any atom is -0.464 e. The van der Waals surface area contributed by atoms with Gasteiger partial charge in [0.2, 0.25) is 0 Å². The quantitative estimate of drug-likeness (QED) is 0.892. The van der Waals surface area contributed by atoms with Gasteiger partial charge in [-0.05, 0) is 50.3 Å². The summed E-state index contributed by atoms with van der Waals surface area (Å²) in [4.78, 5) is 0. The maximum Gasteiger partial charge on any atom is 0.121 e. The van der Waals surface area contributed by atoms with Crippen LogP contribution >= 0.6 is 0 Å². The minimum absolute atomic E-state index is 0.321. The molecule has 1 aromatic rings. The van der Waals surface area contributed by atoms with E-state index in [9.17, 15) is 0 Å². The lowest BCUT2D eigenvalue weighted by Crippen LogP contribution is -2.36. The Bertz CT molecular complexity index is 366. The molecule has 1 fully saturated rings. The van der Waals surface area contributed by atoms with Crippen LogP contribution in [-0.4, -0.2) is 19.8 Å². The Morgan fingerprint density at radius 3 is 2.78 bits per heavy atom. The Morgan fingerprint density at radius 2 is 2.22 bits per heavy atom. The van der Waals surface area contributed by atoms with E-state index in [2.05, 4.69) is 32.2 Å². The van der Waals surface area contributed by atoms with E-state index in [0.717, 1.165) is 37.7 Å². The molecule has 0 saturated carbocycles. The van der Waals surface area contributed by atoms with Crippen LogP contribution in [0.4, 0.5) is 0 Å². The van der Waals surface area contributed by atoms with E-state index in [1.165, 1.54) is 5.56 Å². The van der Waals surface area contributed by atoms with Gasteiger partial charge >= 0.3 is 0 Å². The second-order valence-corrected chi connectivity index (χ2v) is 5.43. The molecule has 0 amide bonds.